The number of halogens is 1. The maximum atomic E-state index is 14.1. The molecule has 208 valence electrons. The van der Waals surface area contributed by atoms with Crippen LogP contribution in [0.3, 0.4) is 0 Å². The molecule has 0 aromatic heterocycles. The van der Waals surface area contributed by atoms with E-state index < -0.39 is 28.5 Å². The van der Waals surface area contributed by atoms with Gasteiger partial charge in [-0.2, -0.15) is 0 Å². The second kappa shape index (κ2) is 13.8. The molecule has 0 unspecified atom stereocenters. The SMILES string of the molecule is Cc1cccc(CN(C(=O)CN(c2cccc(Br)c2)S(C)(=O)=O)[C@@H](Cc2ccccc2)C(=O)NCC(C)C)c1. The third kappa shape index (κ3) is 9.21. The first-order chi connectivity index (χ1) is 18.4. The lowest BCUT2D eigenvalue weighted by Crippen LogP contribution is -2.53. The summed E-state index contributed by atoms with van der Waals surface area (Å²) in [4.78, 5) is 29.2. The van der Waals surface area contributed by atoms with Gasteiger partial charge in [0.1, 0.15) is 12.6 Å². The van der Waals surface area contributed by atoms with E-state index in [2.05, 4.69) is 21.2 Å². The summed E-state index contributed by atoms with van der Waals surface area (Å²) in [6, 6.07) is 23.2. The van der Waals surface area contributed by atoms with Crippen molar-refractivity contribution >= 4 is 43.5 Å². The van der Waals surface area contributed by atoms with Crippen LogP contribution >= 0.6 is 15.9 Å². The number of nitrogens with one attached hydrogen (secondary N) is 1. The van der Waals surface area contributed by atoms with E-state index in [1.54, 1.807) is 24.3 Å². The predicted molar refractivity (Wildman–Crippen MR) is 160 cm³/mol. The van der Waals surface area contributed by atoms with Crippen LogP contribution in [0.25, 0.3) is 0 Å². The second-order valence-electron chi connectivity index (χ2n) is 10.1. The number of rotatable bonds is 12. The lowest BCUT2D eigenvalue weighted by molar-refractivity contribution is -0.140. The minimum absolute atomic E-state index is 0.156. The molecule has 0 bridgehead atoms. The van der Waals surface area contributed by atoms with Crippen molar-refractivity contribution < 1.29 is 18.0 Å². The van der Waals surface area contributed by atoms with Crippen molar-refractivity contribution in [2.45, 2.75) is 39.8 Å². The molecule has 0 heterocycles. The molecule has 0 fully saturated rings. The molecule has 1 N–H and O–H groups in total. The Bertz CT molecular complexity index is 1380. The molecule has 3 rings (SSSR count). The smallest absolute Gasteiger partial charge is 0.244 e. The fourth-order valence-corrected chi connectivity index (χ4v) is 5.46. The van der Waals surface area contributed by atoms with Crippen LogP contribution in [0.2, 0.25) is 0 Å². The zero-order valence-electron chi connectivity index (χ0n) is 22.8. The van der Waals surface area contributed by atoms with Gasteiger partial charge in [-0.25, -0.2) is 8.42 Å². The fourth-order valence-electron chi connectivity index (χ4n) is 4.23. The van der Waals surface area contributed by atoms with Gasteiger partial charge in [0.15, 0.2) is 0 Å². The summed E-state index contributed by atoms with van der Waals surface area (Å²) in [6.07, 6.45) is 1.36. The van der Waals surface area contributed by atoms with Crippen LogP contribution in [0.15, 0.2) is 83.3 Å². The molecule has 2 amide bonds. The highest BCUT2D eigenvalue weighted by atomic mass is 79.9. The first kappa shape index (κ1) is 30.4. The van der Waals surface area contributed by atoms with E-state index in [1.807, 2.05) is 75.4 Å². The zero-order valence-corrected chi connectivity index (χ0v) is 25.2. The Hall–Kier alpha value is -3.17. The van der Waals surface area contributed by atoms with Crippen molar-refractivity contribution in [2.24, 2.45) is 5.92 Å². The van der Waals surface area contributed by atoms with Crippen molar-refractivity contribution in [1.82, 2.24) is 10.2 Å². The number of carbonyl (C=O) groups is 2. The highest BCUT2D eigenvalue weighted by Gasteiger charge is 2.33. The molecule has 39 heavy (non-hydrogen) atoms. The Morgan fingerprint density at radius 1 is 0.923 bits per heavy atom. The average Bonchev–Trinajstić information content (AvgIpc) is 2.87. The Kier molecular flexibility index (Phi) is 10.7. The van der Waals surface area contributed by atoms with Gasteiger partial charge in [0.25, 0.3) is 0 Å². The van der Waals surface area contributed by atoms with Gasteiger partial charge in [-0.3, -0.25) is 13.9 Å². The van der Waals surface area contributed by atoms with E-state index in [1.165, 1.54) is 4.90 Å². The van der Waals surface area contributed by atoms with Gasteiger partial charge < -0.3 is 10.2 Å². The van der Waals surface area contributed by atoms with Crippen LogP contribution in [0.5, 0.6) is 0 Å². The highest BCUT2D eigenvalue weighted by molar-refractivity contribution is 9.10. The molecule has 3 aromatic carbocycles. The van der Waals surface area contributed by atoms with E-state index in [0.29, 0.717) is 16.7 Å². The van der Waals surface area contributed by atoms with Gasteiger partial charge in [-0.15, -0.1) is 0 Å². The summed E-state index contributed by atoms with van der Waals surface area (Å²) in [5.74, 6) is -0.519. The Labute approximate surface area is 240 Å². The Balaban J connectivity index is 2.05. The maximum Gasteiger partial charge on any atom is 0.244 e. The normalized spacial score (nSPS) is 12.2. The minimum Gasteiger partial charge on any atom is -0.354 e. The van der Waals surface area contributed by atoms with Gasteiger partial charge in [0.05, 0.1) is 11.9 Å². The summed E-state index contributed by atoms with van der Waals surface area (Å²) in [5, 5.41) is 2.99. The summed E-state index contributed by atoms with van der Waals surface area (Å²) < 4.78 is 27.4. The average molecular weight is 615 g/mol. The van der Waals surface area contributed by atoms with Gasteiger partial charge in [0.2, 0.25) is 21.8 Å². The van der Waals surface area contributed by atoms with Crippen LogP contribution in [-0.2, 0) is 32.6 Å². The van der Waals surface area contributed by atoms with Crippen LogP contribution in [0.1, 0.15) is 30.5 Å². The van der Waals surface area contributed by atoms with Crippen LogP contribution in [0.4, 0.5) is 5.69 Å². The zero-order chi connectivity index (χ0) is 28.6. The molecular weight excluding hydrogens is 578 g/mol. The van der Waals surface area contributed by atoms with Crippen molar-refractivity contribution in [1.29, 1.82) is 0 Å². The number of hydrogen-bond acceptors (Lipinski definition) is 4. The van der Waals surface area contributed by atoms with E-state index in [0.717, 1.165) is 27.3 Å². The van der Waals surface area contributed by atoms with E-state index in [9.17, 15) is 18.0 Å². The summed E-state index contributed by atoms with van der Waals surface area (Å²) in [6.45, 7) is 6.15. The molecule has 0 saturated carbocycles. The minimum atomic E-state index is -3.80. The number of carbonyl (C=O) groups excluding carboxylic acids is 2. The van der Waals surface area contributed by atoms with Crippen molar-refractivity contribution in [3.63, 3.8) is 0 Å². The number of hydrogen-bond donors (Lipinski definition) is 1. The topological polar surface area (TPSA) is 86.8 Å². The van der Waals surface area contributed by atoms with Gasteiger partial charge in [-0.1, -0.05) is 96.0 Å². The standard InChI is InChI=1S/C30H36BrN3O4S/c1-22(2)19-32-30(36)28(17-24-11-6-5-7-12-24)33(20-25-13-8-10-23(3)16-25)29(35)21-34(39(4,37)38)27-15-9-14-26(31)18-27/h5-16,18,22,28H,17,19-21H2,1-4H3,(H,32,36)/t28-/m0/s1. The number of amides is 2. The van der Waals surface area contributed by atoms with Crippen LogP contribution < -0.4 is 9.62 Å². The second-order valence-corrected chi connectivity index (χ2v) is 12.9. The molecule has 9 heteroatoms. The van der Waals surface area contributed by atoms with E-state index >= 15 is 0 Å². The predicted octanol–water partition coefficient (Wildman–Crippen LogP) is 4.94. The lowest BCUT2D eigenvalue weighted by atomic mass is 10.0. The molecule has 0 aliphatic heterocycles. The number of benzene rings is 3. The third-order valence-corrected chi connectivity index (χ3v) is 7.80. The molecule has 0 radical (unpaired) electrons. The highest BCUT2D eigenvalue weighted by Crippen LogP contribution is 2.23. The molecule has 0 aliphatic rings. The third-order valence-electron chi connectivity index (χ3n) is 6.17. The van der Waals surface area contributed by atoms with E-state index in [-0.39, 0.29) is 24.8 Å². The molecule has 0 spiro atoms. The number of sulfonamides is 1. The largest absolute Gasteiger partial charge is 0.354 e. The van der Waals surface area contributed by atoms with Gasteiger partial charge >= 0.3 is 0 Å². The number of nitrogens with zero attached hydrogens (tertiary/aromatic N) is 2. The first-order valence-electron chi connectivity index (χ1n) is 12.8. The number of aryl methyl sites for hydroxylation is 1. The lowest BCUT2D eigenvalue weighted by Gasteiger charge is -2.33. The Morgan fingerprint density at radius 3 is 2.21 bits per heavy atom. The van der Waals surface area contributed by atoms with E-state index in [4.69, 9.17) is 0 Å². The summed E-state index contributed by atoms with van der Waals surface area (Å²) in [5.41, 5.74) is 3.14. The number of anilines is 1. The maximum absolute atomic E-state index is 14.1. The quantitative estimate of drug-likeness (QED) is 0.314. The monoisotopic (exact) mass is 613 g/mol. The van der Waals surface area contributed by atoms with Crippen LogP contribution in [-0.4, -0.2) is 50.5 Å². The van der Waals surface area contributed by atoms with Gasteiger partial charge in [-0.05, 0) is 42.2 Å². The van der Waals surface area contributed by atoms with Crippen LogP contribution in [0, 0.1) is 12.8 Å². The first-order valence-corrected chi connectivity index (χ1v) is 15.5. The summed E-state index contributed by atoms with van der Waals surface area (Å²) in [7, 11) is -3.80. The molecule has 0 aliphatic carbocycles. The molecular formula is C30H36BrN3O4S. The molecule has 3 aromatic rings. The molecule has 7 nitrogen and oxygen atoms in total. The van der Waals surface area contributed by atoms with Crippen molar-refractivity contribution in [2.75, 3.05) is 23.7 Å². The van der Waals surface area contributed by atoms with Crippen molar-refractivity contribution in [3.05, 3.63) is 100 Å². The molecule has 1 atom stereocenters. The van der Waals surface area contributed by atoms with Gasteiger partial charge in [0, 0.05) is 24.0 Å². The molecule has 0 saturated heterocycles. The summed E-state index contributed by atoms with van der Waals surface area (Å²) >= 11 is 3.38. The fraction of sp³-hybridized carbons (Fsp3) is 0.333. The Morgan fingerprint density at radius 2 is 1.59 bits per heavy atom. The van der Waals surface area contributed by atoms with Crippen molar-refractivity contribution in [3.8, 4) is 0 Å².